The molecular weight excluding hydrogens is 250 g/mol. The van der Waals surface area contributed by atoms with E-state index in [4.69, 9.17) is 0 Å². The monoisotopic (exact) mass is 259 g/mol. The van der Waals surface area contributed by atoms with Crippen LogP contribution in [0.3, 0.4) is 0 Å². The first-order valence-electron chi connectivity index (χ1n) is 5.29. The second-order valence-corrected chi connectivity index (χ2v) is 4.56. The molecule has 1 aliphatic rings. The summed E-state index contributed by atoms with van der Waals surface area (Å²) in [7, 11) is 0. The van der Waals surface area contributed by atoms with E-state index in [0.29, 0.717) is 17.4 Å². The van der Waals surface area contributed by atoms with Crippen molar-refractivity contribution in [3.63, 3.8) is 0 Å². The predicted molar refractivity (Wildman–Crippen MR) is 71.6 cm³/mol. The lowest BCUT2D eigenvalue weighted by atomic mass is 10.2. The third kappa shape index (κ3) is 2.12. The Morgan fingerprint density at radius 1 is 1.33 bits per heavy atom. The molecule has 1 aliphatic heterocycles. The standard InChI is InChI=1S/C11H9N5OS/c17-11-14-9(5-18-11)15-16-10-7-3-1-2-4-8(7)12-6-13-10/h1-4,6H,5H2,(H,12,13,16)(H,14,15,17). The highest BCUT2D eigenvalue weighted by atomic mass is 32.2. The van der Waals surface area contributed by atoms with Crippen LogP contribution in [0.1, 0.15) is 0 Å². The Hall–Kier alpha value is -2.15. The van der Waals surface area contributed by atoms with Crippen LogP contribution in [0.15, 0.2) is 35.7 Å². The highest BCUT2D eigenvalue weighted by Gasteiger charge is 2.16. The van der Waals surface area contributed by atoms with Crippen LogP contribution in [-0.2, 0) is 0 Å². The molecule has 2 N–H and O–H groups in total. The highest BCUT2D eigenvalue weighted by Crippen LogP contribution is 2.18. The number of para-hydroxylation sites is 1. The van der Waals surface area contributed by atoms with Gasteiger partial charge in [-0.2, -0.15) is 5.10 Å². The van der Waals surface area contributed by atoms with E-state index in [-0.39, 0.29) is 5.24 Å². The summed E-state index contributed by atoms with van der Waals surface area (Å²) in [4.78, 5) is 19.3. The Morgan fingerprint density at radius 3 is 3.06 bits per heavy atom. The third-order valence-electron chi connectivity index (χ3n) is 2.43. The van der Waals surface area contributed by atoms with Gasteiger partial charge in [-0.15, -0.1) is 0 Å². The van der Waals surface area contributed by atoms with Crippen LogP contribution in [0.4, 0.5) is 10.6 Å². The van der Waals surface area contributed by atoms with Crippen molar-refractivity contribution in [1.82, 2.24) is 15.3 Å². The maximum Gasteiger partial charge on any atom is 0.284 e. The number of nitrogens with zero attached hydrogens (tertiary/aromatic N) is 3. The minimum absolute atomic E-state index is 0.0805. The lowest BCUT2D eigenvalue weighted by Crippen LogP contribution is -2.20. The van der Waals surface area contributed by atoms with E-state index >= 15 is 0 Å². The molecule has 0 saturated carbocycles. The highest BCUT2D eigenvalue weighted by molar-refractivity contribution is 8.14. The number of hydrogen-bond donors (Lipinski definition) is 2. The summed E-state index contributed by atoms with van der Waals surface area (Å²) < 4.78 is 0. The summed E-state index contributed by atoms with van der Waals surface area (Å²) in [5.41, 5.74) is 3.71. The largest absolute Gasteiger partial charge is 0.303 e. The van der Waals surface area contributed by atoms with Gasteiger partial charge in [0, 0.05) is 5.39 Å². The Bertz CT molecular complexity index is 637. The number of anilines is 1. The van der Waals surface area contributed by atoms with Crippen LogP contribution in [0.25, 0.3) is 10.9 Å². The first kappa shape index (κ1) is 11.0. The second-order valence-electron chi connectivity index (χ2n) is 3.61. The summed E-state index contributed by atoms with van der Waals surface area (Å²) in [5.74, 6) is 1.78. The van der Waals surface area contributed by atoms with E-state index < -0.39 is 0 Å². The molecule has 1 aromatic carbocycles. The number of fused-ring (bicyclic) bond motifs is 1. The molecule has 1 amide bonds. The van der Waals surface area contributed by atoms with Crippen LogP contribution >= 0.6 is 11.8 Å². The summed E-state index contributed by atoms with van der Waals surface area (Å²) in [6.45, 7) is 0. The zero-order chi connectivity index (χ0) is 12.4. The van der Waals surface area contributed by atoms with Gasteiger partial charge in [0.05, 0.1) is 11.3 Å². The molecule has 3 rings (SSSR count). The van der Waals surface area contributed by atoms with Crippen molar-refractivity contribution in [3.05, 3.63) is 30.6 Å². The number of hydrogen-bond acceptors (Lipinski definition) is 6. The van der Waals surface area contributed by atoms with Gasteiger partial charge in [0.25, 0.3) is 5.24 Å². The molecule has 0 atom stereocenters. The summed E-state index contributed by atoms with van der Waals surface area (Å²) in [5, 5.41) is 7.57. The number of rotatable bonds is 2. The van der Waals surface area contributed by atoms with Gasteiger partial charge >= 0.3 is 0 Å². The SMILES string of the molecule is O=C1N/C(=N/Nc2ncnc3ccccc23)CS1. The van der Waals surface area contributed by atoms with Crippen molar-refractivity contribution in [3.8, 4) is 0 Å². The van der Waals surface area contributed by atoms with Gasteiger partial charge in [-0.05, 0) is 12.1 Å². The quantitative estimate of drug-likeness (QED) is 0.804. The van der Waals surface area contributed by atoms with Gasteiger partial charge in [0.15, 0.2) is 5.82 Å². The van der Waals surface area contributed by atoms with Crippen LogP contribution in [0, 0.1) is 0 Å². The van der Waals surface area contributed by atoms with Crippen molar-refractivity contribution in [2.24, 2.45) is 5.10 Å². The number of aromatic nitrogens is 2. The van der Waals surface area contributed by atoms with Gasteiger partial charge in [-0.1, -0.05) is 23.9 Å². The van der Waals surface area contributed by atoms with E-state index in [1.807, 2.05) is 24.3 Å². The Labute approximate surface area is 107 Å². The van der Waals surface area contributed by atoms with Crippen molar-refractivity contribution in [2.45, 2.75) is 0 Å². The Kier molecular flexibility index (Phi) is 2.81. The number of amides is 1. The lowest BCUT2D eigenvalue weighted by Gasteiger charge is -2.04. The number of carbonyl (C=O) groups excluding carboxylic acids is 1. The molecular formula is C11H9N5OS. The van der Waals surface area contributed by atoms with E-state index in [1.165, 1.54) is 18.1 Å². The minimum Gasteiger partial charge on any atom is -0.303 e. The van der Waals surface area contributed by atoms with Gasteiger partial charge in [-0.25, -0.2) is 9.97 Å². The summed E-state index contributed by atoms with van der Waals surface area (Å²) in [6, 6.07) is 7.65. The summed E-state index contributed by atoms with van der Waals surface area (Å²) in [6.07, 6.45) is 1.48. The van der Waals surface area contributed by atoms with E-state index in [0.717, 1.165) is 10.9 Å². The molecule has 7 heteroatoms. The zero-order valence-electron chi connectivity index (χ0n) is 9.25. The lowest BCUT2D eigenvalue weighted by molar-refractivity contribution is 0.265. The zero-order valence-corrected chi connectivity index (χ0v) is 10.1. The fourth-order valence-electron chi connectivity index (χ4n) is 1.60. The van der Waals surface area contributed by atoms with Crippen molar-refractivity contribution < 1.29 is 4.79 Å². The molecule has 0 spiro atoms. The summed E-state index contributed by atoms with van der Waals surface area (Å²) >= 11 is 1.19. The molecule has 1 saturated heterocycles. The van der Waals surface area contributed by atoms with Crippen molar-refractivity contribution in [1.29, 1.82) is 0 Å². The molecule has 2 heterocycles. The number of amidine groups is 1. The molecule has 1 aromatic heterocycles. The second kappa shape index (κ2) is 4.61. The van der Waals surface area contributed by atoms with Gasteiger partial charge in [0.2, 0.25) is 0 Å². The molecule has 0 bridgehead atoms. The van der Waals surface area contributed by atoms with Crippen molar-refractivity contribution >= 4 is 39.6 Å². The topological polar surface area (TPSA) is 79.3 Å². The number of thioether (sulfide) groups is 1. The number of benzene rings is 1. The van der Waals surface area contributed by atoms with Crippen molar-refractivity contribution in [2.75, 3.05) is 11.2 Å². The molecule has 1 fully saturated rings. The first-order valence-corrected chi connectivity index (χ1v) is 6.27. The number of carbonyl (C=O) groups is 1. The Morgan fingerprint density at radius 2 is 2.22 bits per heavy atom. The van der Waals surface area contributed by atoms with Crippen LogP contribution in [0.5, 0.6) is 0 Å². The fourth-order valence-corrected chi connectivity index (χ4v) is 2.19. The molecule has 0 unspecified atom stereocenters. The van der Waals surface area contributed by atoms with E-state index in [2.05, 4.69) is 25.8 Å². The average molecular weight is 259 g/mol. The maximum atomic E-state index is 11.0. The van der Waals surface area contributed by atoms with E-state index in [1.54, 1.807) is 0 Å². The molecule has 6 nitrogen and oxygen atoms in total. The number of nitrogens with one attached hydrogen (secondary N) is 2. The average Bonchev–Trinajstić information content (AvgIpc) is 2.82. The molecule has 18 heavy (non-hydrogen) atoms. The predicted octanol–water partition coefficient (Wildman–Crippen LogP) is 1.81. The van der Waals surface area contributed by atoms with Gasteiger partial charge < -0.3 is 5.32 Å². The van der Waals surface area contributed by atoms with Gasteiger partial charge in [0.1, 0.15) is 12.2 Å². The number of hydrazone groups is 1. The molecule has 2 aromatic rings. The molecule has 0 aliphatic carbocycles. The Balaban J connectivity index is 1.89. The third-order valence-corrected chi connectivity index (χ3v) is 3.21. The van der Waals surface area contributed by atoms with Crippen LogP contribution < -0.4 is 10.7 Å². The molecule has 0 radical (unpaired) electrons. The normalized spacial score (nSPS) is 17.1. The fraction of sp³-hybridized carbons (Fsp3) is 0.0909. The van der Waals surface area contributed by atoms with Crippen LogP contribution in [-0.4, -0.2) is 26.8 Å². The van der Waals surface area contributed by atoms with Crippen LogP contribution in [0.2, 0.25) is 0 Å². The van der Waals surface area contributed by atoms with Gasteiger partial charge in [-0.3, -0.25) is 10.2 Å². The molecule has 90 valence electrons. The minimum atomic E-state index is -0.0805. The van der Waals surface area contributed by atoms with E-state index in [9.17, 15) is 4.79 Å². The maximum absolute atomic E-state index is 11.0. The smallest absolute Gasteiger partial charge is 0.284 e. The first-order chi connectivity index (χ1) is 8.83.